The number of ether oxygens (including phenoxy) is 1. The van der Waals surface area contributed by atoms with E-state index in [0.717, 1.165) is 60.3 Å². The maximum absolute atomic E-state index is 6.26. The Labute approximate surface area is 181 Å². The summed E-state index contributed by atoms with van der Waals surface area (Å²) in [7, 11) is 3.41. The van der Waals surface area contributed by atoms with E-state index in [1.54, 1.807) is 25.5 Å². The number of aliphatic imine (C=N–C) groups is 1. The third-order valence-corrected chi connectivity index (χ3v) is 5.08. The average molecular weight is 509 g/mol. The van der Waals surface area contributed by atoms with Crippen molar-refractivity contribution in [1.29, 1.82) is 0 Å². The molecule has 0 atom stereocenters. The van der Waals surface area contributed by atoms with Gasteiger partial charge in [-0.2, -0.15) is 0 Å². The summed E-state index contributed by atoms with van der Waals surface area (Å²) >= 11 is 7.98. The van der Waals surface area contributed by atoms with Crippen molar-refractivity contribution in [3.05, 3.63) is 44.9 Å². The number of aryl methyl sites for hydroxylation is 2. The number of thiazole rings is 1. The van der Waals surface area contributed by atoms with E-state index in [2.05, 4.69) is 26.0 Å². The summed E-state index contributed by atoms with van der Waals surface area (Å²) in [5.74, 6) is 1.58. The fraction of sp³-hybridized carbons (Fsp3) is 0.444. The number of nitrogens with zero attached hydrogens (tertiary/aromatic N) is 2. The van der Waals surface area contributed by atoms with Gasteiger partial charge in [0.15, 0.2) is 5.96 Å². The first kappa shape index (κ1) is 23.0. The molecule has 0 unspecified atom stereocenters. The number of aromatic nitrogens is 1. The van der Waals surface area contributed by atoms with Gasteiger partial charge in [0.05, 0.1) is 12.1 Å². The largest absolute Gasteiger partial charge is 0.497 e. The molecule has 0 aliphatic rings. The Kier molecular flexibility index (Phi) is 10.9. The lowest BCUT2D eigenvalue weighted by Gasteiger charge is -2.12. The van der Waals surface area contributed by atoms with Crippen molar-refractivity contribution in [2.45, 2.75) is 26.2 Å². The number of rotatable bonds is 8. The van der Waals surface area contributed by atoms with E-state index in [4.69, 9.17) is 16.3 Å². The molecule has 1 aromatic heterocycles. The van der Waals surface area contributed by atoms with Gasteiger partial charge in [-0.05, 0) is 37.5 Å². The summed E-state index contributed by atoms with van der Waals surface area (Å²) in [6, 6.07) is 5.76. The zero-order valence-corrected chi connectivity index (χ0v) is 19.2. The minimum absolute atomic E-state index is 0. The normalized spacial score (nSPS) is 11.0. The van der Waals surface area contributed by atoms with Crippen LogP contribution in [-0.4, -0.2) is 38.2 Å². The zero-order valence-electron chi connectivity index (χ0n) is 15.3. The van der Waals surface area contributed by atoms with E-state index < -0.39 is 0 Å². The number of halogens is 2. The molecule has 0 saturated heterocycles. The molecule has 144 valence electrons. The second-order valence-electron chi connectivity index (χ2n) is 5.62. The summed E-state index contributed by atoms with van der Waals surface area (Å²) in [6.45, 7) is 3.65. The number of methoxy groups -OCH3 is 1. The van der Waals surface area contributed by atoms with Crippen LogP contribution in [0.25, 0.3) is 0 Å². The minimum Gasteiger partial charge on any atom is -0.497 e. The second-order valence-corrected chi connectivity index (χ2v) is 6.97. The first-order valence-electron chi connectivity index (χ1n) is 8.30. The molecular weight excluding hydrogens is 483 g/mol. The Morgan fingerprint density at radius 1 is 1.27 bits per heavy atom. The molecule has 2 aromatic rings. The van der Waals surface area contributed by atoms with Crippen LogP contribution in [0.2, 0.25) is 5.02 Å². The highest BCUT2D eigenvalue weighted by Gasteiger charge is 2.04. The molecule has 5 nitrogen and oxygen atoms in total. The molecule has 8 heteroatoms. The van der Waals surface area contributed by atoms with E-state index in [-0.39, 0.29) is 24.0 Å². The van der Waals surface area contributed by atoms with Crippen LogP contribution in [0.15, 0.2) is 28.6 Å². The van der Waals surface area contributed by atoms with Crippen LogP contribution < -0.4 is 15.4 Å². The molecule has 26 heavy (non-hydrogen) atoms. The van der Waals surface area contributed by atoms with Crippen LogP contribution in [0.4, 0.5) is 0 Å². The predicted octanol–water partition coefficient (Wildman–Crippen LogP) is 4.07. The molecule has 0 aliphatic heterocycles. The molecule has 0 fully saturated rings. The summed E-state index contributed by atoms with van der Waals surface area (Å²) in [4.78, 5) is 8.72. The zero-order chi connectivity index (χ0) is 18.1. The van der Waals surface area contributed by atoms with Gasteiger partial charge < -0.3 is 15.4 Å². The highest BCUT2D eigenvalue weighted by Crippen LogP contribution is 2.22. The topological polar surface area (TPSA) is 58.5 Å². The van der Waals surface area contributed by atoms with Gasteiger partial charge in [0.25, 0.3) is 0 Å². The van der Waals surface area contributed by atoms with Crippen molar-refractivity contribution in [2.75, 3.05) is 27.2 Å². The fourth-order valence-electron chi connectivity index (χ4n) is 2.36. The lowest BCUT2D eigenvalue weighted by atomic mass is 10.1. The quantitative estimate of drug-likeness (QED) is 0.244. The second kappa shape index (κ2) is 12.3. The number of benzene rings is 1. The van der Waals surface area contributed by atoms with Crippen molar-refractivity contribution >= 4 is 52.9 Å². The van der Waals surface area contributed by atoms with Crippen molar-refractivity contribution in [3.8, 4) is 5.75 Å². The first-order chi connectivity index (χ1) is 12.1. The molecule has 1 heterocycles. The van der Waals surface area contributed by atoms with E-state index in [9.17, 15) is 0 Å². The monoisotopic (exact) mass is 508 g/mol. The molecule has 1 aromatic carbocycles. The number of hydrogen-bond acceptors (Lipinski definition) is 4. The van der Waals surface area contributed by atoms with E-state index in [0.29, 0.717) is 0 Å². The standard InChI is InChI=1S/C18H25ClN4OS.HI/c1-13-12-25-17(23-13)5-4-9-21-18(20-2)22-10-8-14-6-7-15(24-3)11-16(14)19;/h6-7,11-12H,4-5,8-10H2,1-3H3,(H2,20,21,22);1H. The minimum atomic E-state index is 0. The molecule has 2 rings (SSSR count). The smallest absolute Gasteiger partial charge is 0.190 e. The third kappa shape index (κ3) is 7.67. The molecule has 0 saturated carbocycles. The Balaban J connectivity index is 0.00000338. The van der Waals surface area contributed by atoms with Gasteiger partial charge in [0.1, 0.15) is 5.75 Å². The van der Waals surface area contributed by atoms with Crippen molar-refractivity contribution < 1.29 is 4.74 Å². The van der Waals surface area contributed by atoms with Crippen LogP contribution in [0.1, 0.15) is 22.7 Å². The van der Waals surface area contributed by atoms with Crippen molar-refractivity contribution in [1.82, 2.24) is 15.6 Å². The molecular formula is C18H26ClIN4OS. The predicted molar refractivity (Wildman–Crippen MR) is 122 cm³/mol. The SMILES string of the molecule is CN=C(NCCCc1nc(C)cs1)NCCc1ccc(OC)cc1Cl.I. The number of hydrogen-bond donors (Lipinski definition) is 2. The van der Waals surface area contributed by atoms with Gasteiger partial charge in [-0.3, -0.25) is 4.99 Å². The lowest BCUT2D eigenvalue weighted by molar-refractivity contribution is 0.414. The molecule has 0 bridgehead atoms. The molecule has 0 aliphatic carbocycles. The van der Waals surface area contributed by atoms with Gasteiger partial charge in [-0.1, -0.05) is 17.7 Å². The van der Waals surface area contributed by atoms with Crippen LogP contribution in [0, 0.1) is 6.92 Å². The van der Waals surface area contributed by atoms with Gasteiger partial charge in [-0.15, -0.1) is 35.3 Å². The Hall–Kier alpha value is -1.06. The maximum atomic E-state index is 6.26. The summed E-state index contributed by atoms with van der Waals surface area (Å²) in [5, 5.41) is 10.6. The third-order valence-electron chi connectivity index (χ3n) is 3.70. The summed E-state index contributed by atoms with van der Waals surface area (Å²) < 4.78 is 5.17. The van der Waals surface area contributed by atoms with Crippen molar-refractivity contribution in [2.24, 2.45) is 4.99 Å². The van der Waals surface area contributed by atoms with E-state index >= 15 is 0 Å². The average Bonchev–Trinajstić information content (AvgIpc) is 3.03. The van der Waals surface area contributed by atoms with E-state index in [1.807, 2.05) is 25.1 Å². The van der Waals surface area contributed by atoms with E-state index in [1.165, 1.54) is 5.01 Å². The summed E-state index contributed by atoms with van der Waals surface area (Å²) in [5.41, 5.74) is 2.19. The summed E-state index contributed by atoms with van der Waals surface area (Å²) in [6.07, 6.45) is 2.84. The molecule has 2 N–H and O–H groups in total. The highest BCUT2D eigenvalue weighted by atomic mass is 127. The van der Waals surface area contributed by atoms with Gasteiger partial charge in [-0.25, -0.2) is 4.98 Å². The molecule has 0 radical (unpaired) electrons. The first-order valence-corrected chi connectivity index (χ1v) is 9.56. The molecule has 0 spiro atoms. The highest BCUT2D eigenvalue weighted by molar-refractivity contribution is 14.0. The van der Waals surface area contributed by atoms with Crippen LogP contribution >= 0.6 is 46.9 Å². The van der Waals surface area contributed by atoms with Gasteiger partial charge >= 0.3 is 0 Å². The Bertz CT molecular complexity index is 708. The number of guanidine groups is 1. The maximum Gasteiger partial charge on any atom is 0.190 e. The number of nitrogens with one attached hydrogen (secondary N) is 2. The lowest BCUT2D eigenvalue weighted by Crippen LogP contribution is -2.38. The molecule has 0 amide bonds. The fourth-order valence-corrected chi connectivity index (χ4v) is 3.44. The van der Waals surface area contributed by atoms with Gasteiger partial charge in [0, 0.05) is 42.7 Å². The van der Waals surface area contributed by atoms with Gasteiger partial charge in [0.2, 0.25) is 0 Å². The van der Waals surface area contributed by atoms with Crippen LogP contribution in [0.3, 0.4) is 0 Å². The Morgan fingerprint density at radius 3 is 2.65 bits per heavy atom. The van der Waals surface area contributed by atoms with Crippen LogP contribution in [0.5, 0.6) is 5.75 Å². The van der Waals surface area contributed by atoms with Crippen molar-refractivity contribution in [3.63, 3.8) is 0 Å². The van der Waals surface area contributed by atoms with Crippen LogP contribution in [-0.2, 0) is 12.8 Å². The Morgan fingerprint density at radius 2 is 2.04 bits per heavy atom.